The highest BCUT2D eigenvalue weighted by molar-refractivity contribution is 5.49. The van der Waals surface area contributed by atoms with E-state index in [9.17, 15) is 0 Å². The Labute approximate surface area is 128 Å². The number of nitrogens with one attached hydrogen (secondary N) is 1. The predicted octanol–water partition coefficient (Wildman–Crippen LogP) is 3.82. The van der Waals surface area contributed by atoms with Crippen LogP contribution in [0.2, 0.25) is 0 Å². The second-order valence-corrected chi connectivity index (χ2v) is 7.15. The smallest absolute Gasteiger partial charge is 0.122 e. The molecule has 0 aromatic heterocycles. The molecule has 1 saturated carbocycles. The molecule has 1 heterocycles. The summed E-state index contributed by atoms with van der Waals surface area (Å²) in [6.45, 7) is 4.22. The van der Waals surface area contributed by atoms with Crippen LogP contribution >= 0.6 is 0 Å². The molecule has 2 bridgehead atoms. The van der Waals surface area contributed by atoms with Crippen LogP contribution in [0.25, 0.3) is 0 Å². The summed E-state index contributed by atoms with van der Waals surface area (Å²) >= 11 is 0. The molecule has 1 aromatic rings. The van der Waals surface area contributed by atoms with Crippen molar-refractivity contribution in [2.24, 2.45) is 5.92 Å². The maximum atomic E-state index is 6.07. The summed E-state index contributed by atoms with van der Waals surface area (Å²) in [6, 6.07) is 7.50. The Bertz CT molecular complexity index is 522. The van der Waals surface area contributed by atoms with E-state index in [1.807, 2.05) is 0 Å². The first-order valence-corrected chi connectivity index (χ1v) is 8.84. The Morgan fingerprint density at radius 2 is 2.24 bits per heavy atom. The standard InChI is InChI=1S/C19H27NO/c1-2-12-21-18-8-5-7-15-14(18)13-17-16-6-3-4-9-19(15,16)10-11-20-17/h5,7-8,16-17,20H,2-4,6,9-13H2,1H3/t16-,17+,19-/m0/s1. The Morgan fingerprint density at radius 1 is 1.29 bits per heavy atom. The van der Waals surface area contributed by atoms with Crippen LogP contribution in [0.5, 0.6) is 5.75 Å². The van der Waals surface area contributed by atoms with Crippen LogP contribution in [-0.4, -0.2) is 19.2 Å². The number of hydrogen-bond acceptors (Lipinski definition) is 2. The van der Waals surface area contributed by atoms with Gasteiger partial charge in [-0.3, -0.25) is 0 Å². The molecule has 2 heteroatoms. The number of rotatable bonds is 3. The second-order valence-electron chi connectivity index (χ2n) is 7.15. The molecule has 3 atom stereocenters. The summed E-state index contributed by atoms with van der Waals surface area (Å²) in [5.74, 6) is 2.01. The minimum absolute atomic E-state index is 0.452. The SMILES string of the molecule is CCCOc1cccc2c1C[C@H]1NCC[C@@]23CCCC[C@@H]13. The van der Waals surface area contributed by atoms with Crippen LogP contribution in [-0.2, 0) is 11.8 Å². The van der Waals surface area contributed by atoms with Crippen LogP contribution < -0.4 is 10.1 Å². The molecule has 4 rings (SSSR count). The van der Waals surface area contributed by atoms with Gasteiger partial charge in [-0.05, 0) is 61.8 Å². The van der Waals surface area contributed by atoms with E-state index in [0.29, 0.717) is 11.5 Å². The lowest BCUT2D eigenvalue weighted by Crippen LogP contribution is -2.59. The van der Waals surface area contributed by atoms with Gasteiger partial charge in [0, 0.05) is 11.5 Å². The van der Waals surface area contributed by atoms with E-state index in [-0.39, 0.29) is 0 Å². The van der Waals surface area contributed by atoms with Crippen molar-refractivity contribution in [1.82, 2.24) is 5.32 Å². The summed E-state index contributed by atoms with van der Waals surface area (Å²) in [5, 5.41) is 3.81. The van der Waals surface area contributed by atoms with Crippen molar-refractivity contribution in [2.45, 2.75) is 63.3 Å². The molecule has 0 amide bonds. The van der Waals surface area contributed by atoms with Gasteiger partial charge in [-0.25, -0.2) is 0 Å². The molecular formula is C19H27NO. The predicted molar refractivity (Wildman–Crippen MR) is 86.0 cm³/mol. The van der Waals surface area contributed by atoms with Crippen molar-refractivity contribution < 1.29 is 4.74 Å². The average Bonchev–Trinajstić information content (AvgIpc) is 2.53. The fourth-order valence-electron chi connectivity index (χ4n) is 5.28. The Kier molecular flexibility index (Phi) is 3.45. The van der Waals surface area contributed by atoms with E-state index >= 15 is 0 Å². The highest BCUT2D eigenvalue weighted by atomic mass is 16.5. The Morgan fingerprint density at radius 3 is 3.14 bits per heavy atom. The Hall–Kier alpha value is -1.02. The van der Waals surface area contributed by atoms with Crippen LogP contribution in [0.4, 0.5) is 0 Å². The van der Waals surface area contributed by atoms with Gasteiger partial charge in [-0.1, -0.05) is 31.9 Å². The number of ether oxygens (including phenoxy) is 1. The molecule has 2 nitrogen and oxygen atoms in total. The van der Waals surface area contributed by atoms with Crippen molar-refractivity contribution in [3.8, 4) is 5.75 Å². The molecule has 21 heavy (non-hydrogen) atoms. The molecule has 1 N–H and O–H groups in total. The molecule has 0 radical (unpaired) electrons. The number of benzene rings is 1. The summed E-state index contributed by atoms with van der Waals surface area (Å²) in [5.41, 5.74) is 3.60. The summed E-state index contributed by atoms with van der Waals surface area (Å²) in [4.78, 5) is 0. The second kappa shape index (κ2) is 5.31. The minimum atomic E-state index is 0.452. The van der Waals surface area contributed by atoms with Gasteiger partial charge < -0.3 is 10.1 Å². The van der Waals surface area contributed by atoms with Crippen molar-refractivity contribution in [3.05, 3.63) is 29.3 Å². The molecule has 1 aliphatic heterocycles. The quantitative estimate of drug-likeness (QED) is 0.911. The number of fused-ring (bicyclic) bond motifs is 1. The zero-order chi connectivity index (χ0) is 14.3. The molecule has 2 aliphatic carbocycles. The molecule has 3 aliphatic rings. The summed E-state index contributed by atoms with van der Waals surface area (Å²) in [6.07, 6.45) is 9.20. The van der Waals surface area contributed by atoms with E-state index in [1.165, 1.54) is 50.6 Å². The lowest BCUT2D eigenvalue weighted by Gasteiger charge is -2.56. The molecular weight excluding hydrogens is 258 g/mol. The van der Waals surface area contributed by atoms with Gasteiger partial charge in [0.2, 0.25) is 0 Å². The largest absolute Gasteiger partial charge is 0.493 e. The van der Waals surface area contributed by atoms with Crippen molar-refractivity contribution in [3.63, 3.8) is 0 Å². The maximum absolute atomic E-state index is 6.07. The van der Waals surface area contributed by atoms with E-state index in [0.717, 1.165) is 24.7 Å². The average molecular weight is 285 g/mol. The first-order valence-electron chi connectivity index (χ1n) is 8.84. The first kappa shape index (κ1) is 13.6. The summed E-state index contributed by atoms with van der Waals surface area (Å²) in [7, 11) is 0. The van der Waals surface area contributed by atoms with Crippen LogP contribution in [0.3, 0.4) is 0 Å². The lowest BCUT2D eigenvalue weighted by atomic mass is 9.53. The number of hydrogen-bond donors (Lipinski definition) is 1. The molecule has 2 fully saturated rings. The Balaban J connectivity index is 1.80. The van der Waals surface area contributed by atoms with Gasteiger partial charge in [0.25, 0.3) is 0 Å². The van der Waals surface area contributed by atoms with Gasteiger partial charge in [-0.15, -0.1) is 0 Å². The van der Waals surface area contributed by atoms with Gasteiger partial charge >= 0.3 is 0 Å². The van der Waals surface area contributed by atoms with Gasteiger partial charge in [-0.2, -0.15) is 0 Å². The first-order chi connectivity index (χ1) is 10.3. The van der Waals surface area contributed by atoms with E-state index in [1.54, 1.807) is 5.56 Å². The summed E-state index contributed by atoms with van der Waals surface area (Å²) < 4.78 is 6.07. The maximum Gasteiger partial charge on any atom is 0.122 e. The van der Waals surface area contributed by atoms with E-state index in [4.69, 9.17) is 4.74 Å². The highest BCUT2D eigenvalue weighted by Crippen LogP contribution is 2.55. The molecule has 114 valence electrons. The van der Waals surface area contributed by atoms with E-state index < -0.39 is 0 Å². The minimum Gasteiger partial charge on any atom is -0.493 e. The molecule has 0 spiro atoms. The fourth-order valence-corrected chi connectivity index (χ4v) is 5.28. The van der Waals surface area contributed by atoms with E-state index in [2.05, 4.69) is 30.4 Å². The topological polar surface area (TPSA) is 21.3 Å². The normalized spacial score (nSPS) is 34.0. The molecule has 0 unspecified atom stereocenters. The number of piperidine rings is 1. The van der Waals surface area contributed by atoms with Crippen LogP contribution in [0.15, 0.2) is 18.2 Å². The van der Waals surface area contributed by atoms with Crippen LogP contribution in [0, 0.1) is 5.92 Å². The zero-order valence-electron chi connectivity index (χ0n) is 13.2. The third kappa shape index (κ3) is 2.03. The zero-order valence-corrected chi connectivity index (χ0v) is 13.2. The highest BCUT2D eigenvalue weighted by Gasteiger charge is 2.51. The molecule has 1 aromatic carbocycles. The van der Waals surface area contributed by atoms with Crippen molar-refractivity contribution in [1.29, 1.82) is 0 Å². The fraction of sp³-hybridized carbons (Fsp3) is 0.684. The van der Waals surface area contributed by atoms with Gasteiger partial charge in [0.15, 0.2) is 0 Å². The van der Waals surface area contributed by atoms with Crippen molar-refractivity contribution >= 4 is 0 Å². The lowest BCUT2D eigenvalue weighted by molar-refractivity contribution is 0.0785. The monoisotopic (exact) mass is 285 g/mol. The van der Waals surface area contributed by atoms with Gasteiger partial charge in [0.1, 0.15) is 5.75 Å². The third-order valence-electron chi connectivity index (χ3n) is 6.12. The van der Waals surface area contributed by atoms with Gasteiger partial charge in [0.05, 0.1) is 6.61 Å². The third-order valence-corrected chi connectivity index (χ3v) is 6.12. The van der Waals surface area contributed by atoms with Crippen LogP contribution in [0.1, 0.15) is 56.6 Å². The molecule has 1 saturated heterocycles. The van der Waals surface area contributed by atoms with Crippen molar-refractivity contribution in [2.75, 3.05) is 13.2 Å².